The number of hydrogen-bond donors (Lipinski definition) is 1. The van der Waals surface area contributed by atoms with E-state index < -0.39 is 0 Å². The molecule has 19 heavy (non-hydrogen) atoms. The van der Waals surface area contributed by atoms with E-state index in [-0.39, 0.29) is 11.9 Å². The quantitative estimate of drug-likeness (QED) is 0.782. The van der Waals surface area contributed by atoms with E-state index in [4.69, 9.17) is 5.73 Å². The van der Waals surface area contributed by atoms with Gasteiger partial charge in [0, 0.05) is 17.8 Å². The molecule has 0 radical (unpaired) electrons. The summed E-state index contributed by atoms with van der Waals surface area (Å²) in [6.07, 6.45) is 4.08. The third-order valence-electron chi connectivity index (χ3n) is 3.25. The maximum atomic E-state index is 13.6. The molecule has 0 aliphatic heterocycles. The summed E-state index contributed by atoms with van der Waals surface area (Å²) in [7, 11) is 0. The van der Waals surface area contributed by atoms with Crippen LogP contribution in [0.25, 0.3) is 5.52 Å². The zero-order chi connectivity index (χ0) is 13.2. The molecule has 0 amide bonds. The molecule has 0 fully saturated rings. The number of hydrogen-bond acceptors (Lipinski definition) is 2. The SMILES string of the molecule is NC(Cc1ccccc1F)c1cnn2ccccc12. The topological polar surface area (TPSA) is 43.3 Å². The van der Waals surface area contributed by atoms with Crippen LogP contribution in [0.1, 0.15) is 17.2 Å². The maximum Gasteiger partial charge on any atom is 0.126 e. The van der Waals surface area contributed by atoms with E-state index in [9.17, 15) is 4.39 Å². The lowest BCUT2D eigenvalue weighted by atomic mass is 10.0. The molecule has 0 spiro atoms. The second kappa shape index (κ2) is 4.82. The van der Waals surface area contributed by atoms with Crippen molar-refractivity contribution >= 4 is 5.52 Å². The molecule has 0 saturated carbocycles. The van der Waals surface area contributed by atoms with Crippen LogP contribution in [-0.4, -0.2) is 9.61 Å². The van der Waals surface area contributed by atoms with E-state index in [1.807, 2.05) is 30.5 Å². The Labute approximate surface area is 110 Å². The maximum absolute atomic E-state index is 13.6. The zero-order valence-electron chi connectivity index (χ0n) is 10.3. The Balaban J connectivity index is 1.92. The van der Waals surface area contributed by atoms with Crippen molar-refractivity contribution in [2.45, 2.75) is 12.5 Å². The van der Waals surface area contributed by atoms with Gasteiger partial charge in [-0.2, -0.15) is 5.10 Å². The smallest absolute Gasteiger partial charge is 0.126 e. The van der Waals surface area contributed by atoms with Gasteiger partial charge in [0.15, 0.2) is 0 Å². The van der Waals surface area contributed by atoms with Crippen LogP contribution in [0.2, 0.25) is 0 Å². The first-order chi connectivity index (χ1) is 9.25. The van der Waals surface area contributed by atoms with Crippen LogP contribution >= 0.6 is 0 Å². The average Bonchev–Trinajstić information content (AvgIpc) is 2.85. The van der Waals surface area contributed by atoms with Crippen LogP contribution in [0.15, 0.2) is 54.9 Å². The summed E-state index contributed by atoms with van der Waals surface area (Å²) in [5.74, 6) is -0.213. The molecule has 1 unspecified atom stereocenters. The second-order valence-corrected chi connectivity index (χ2v) is 4.53. The summed E-state index contributed by atoms with van der Waals surface area (Å²) < 4.78 is 15.4. The summed E-state index contributed by atoms with van der Waals surface area (Å²) in [5, 5.41) is 4.25. The fraction of sp³-hybridized carbons (Fsp3) is 0.133. The molecule has 1 aromatic carbocycles. The van der Waals surface area contributed by atoms with Gasteiger partial charge in [0.25, 0.3) is 0 Å². The average molecular weight is 255 g/mol. The van der Waals surface area contributed by atoms with Crippen LogP contribution in [0.3, 0.4) is 0 Å². The van der Waals surface area contributed by atoms with Gasteiger partial charge in [-0.25, -0.2) is 8.91 Å². The van der Waals surface area contributed by atoms with Gasteiger partial charge < -0.3 is 5.73 Å². The highest BCUT2D eigenvalue weighted by molar-refractivity contribution is 5.55. The van der Waals surface area contributed by atoms with Gasteiger partial charge in [-0.3, -0.25) is 0 Å². The van der Waals surface area contributed by atoms with E-state index in [2.05, 4.69) is 5.10 Å². The van der Waals surface area contributed by atoms with Crippen LogP contribution in [0.5, 0.6) is 0 Å². The molecule has 3 rings (SSSR count). The van der Waals surface area contributed by atoms with Crippen molar-refractivity contribution in [3.63, 3.8) is 0 Å². The molecule has 2 heterocycles. The number of rotatable bonds is 3. The van der Waals surface area contributed by atoms with Gasteiger partial charge in [0.1, 0.15) is 5.82 Å². The van der Waals surface area contributed by atoms with Crippen molar-refractivity contribution in [1.29, 1.82) is 0 Å². The van der Waals surface area contributed by atoms with Crippen molar-refractivity contribution in [2.75, 3.05) is 0 Å². The molecular formula is C15H14FN3. The van der Waals surface area contributed by atoms with Crippen molar-refractivity contribution < 1.29 is 4.39 Å². The van der Waals surface area contributed by atoms with E-state index in [0.717, 1.165) is 11.1 Å². The van der Waals surface area contributed by atoms with Gasteiger partial charge >= 0.3 is 0 Å². The van der Waals surface area contributed by atoms with Crippen molar-refractivity contribution in [3.8, 4) is 0 Å². The minimum absolute atomic E-state index is 0.213. The molecule has 4 heteroatoms. The Morgan fingerprint density at radius 2 is 1.95 bits per heavy atom. The molecule has 0 saturated heterocycles. The van der Waals surface area contributed by atoms with E-state index in [1.165, 1.54) is 6.07 Å². The fourth-order valence-corrected chi connectivity index (χ4v) is 2.25. The summed E-state index contributed by atoms with van der Waals surface area (Å²) in [4.78, 5) is 0. The zero-order valence-corrected chi connectivity index (χ0v) is 10.3. The van der Waals surface area contributed by atoms with Gasteiger partial charge in [0.2, 0.25) is 0 Å². The molecule has 0 aliphatic carbocycles. The Morgan fingerprint density at radius 3 is 2.79 bits per heavy atom. The molecule has 96 valence electrons. The molecule has 3 aromatic rings. The number of benzene rings is 1. The van der Waals surface area contributed by atoms with E-state index >= 15 is 0 Å². The fourth-order valence-electron chi connectivity index (χ4n) is 2.25. The highest BCUT2D eigenvalue weighted by atomic mass is 19.1. The van der Waals surface area contributed by atoms with Crippen LogP contribution < -0.4 is 5.73 Å². The number of halogens is 1. The predicted molar refractivity (Wildman–Crippen MR) is 72.2 cm³/mol. The van der Waals surface area contributed by atoms with Gasteiger partial charge in [-0.15, -0.1) is 0 Å². The Hall–Kier alpha value is -2.20. The minimum atomic E-state index is -0.267. The van der Waals surface area contributed by atoms with Gasteiger partial charge in [-0.1, -0.05) is 24.3 Å². The molecule has 1 atom stereocenters. The normalized spacial score (nSPS) is 12.7. The van der Waals surface area contributed by atoms with Gasteiger partial charge in [-0.05, 0) is 30.2 Å². The summed E-state index contributed by atoms with van der Waals surface area (Å²) in [6.45, 7) is 0. The molecule has 3 nitrogen and oxygen atoms in total. The number of aromatic nitrogens is 2. The summed E-state index contributed by atoms with van der Waals surface area (Å²) in [5.41, 5.74) is 8.71. The Morgan fingerprint density at radius 1 is 1.16 bits per heavy atom. The lowest BCUT2D eigenvalue weighted by Gasteiger charge is -2.11. The largest absolute Gasteiger partial charge is 0.324 e. The number of nitrogens with two attached hydrogens (primary N) is 1. The third-order valence-corrected chi connectivity index (χ3v) is 3.25. The molecule has 0 bridgehead atoms. The van der Waals surface area contributed by atoms with Gasteiger partial charge in [0.05, 0.1) is 11.7 Å². The lowest BCUT2D eigenvalue weighted by Crippen LogP contribution is -2.13. The minimum Gasteiger partial charge on any atom is -0.324 e. The highest BCUT2D eigenvalue weighted by Gasteiger charge is 2.14. The van der Waals surface area contributed by atoms with Crippen molar-refractivity contribution in [2.24, 2.45) is 5.73 Å². The van der Waals surface area contributed by atoms with E-state index in [0.29, 0.717) is 12.0 Å². The molecule has 0 aliphatic rings. The van der Waals surface area contributed by atoms with Crippen LogP contribution in [0, 0.1) is 5.82 Å². The number of fused-ring (bicyclic) bond motifs is 1. The number of nitrogens with zero attached hydrogens (tertiary/aromatic N) is 2. The molecule has 2 aromatic heterocycles. The first-order valence-corrected chi connectivity index (χ1v) is 6.17. The predicted octanol–water partition coefficient (Wildman–Crippen LogP) is 2.72. The summed E-state index contributed by atoms with van der Waals surface area (Å²) >= 11 is 0. The van der Waals surface area contributed by atoms with Crippen molar-refractivity contribution in [3.05, 3.63) is 71.8 Å². The van der Waals surface area contributed by atoms with Crippen molar-refractivity contribution in [1.82, 2.24) is 9.61 Å². The first kappa shape index (κ1) is 11.9. The Bertz CT molecular complexity index is 705. The molecule has 2 N–H and O–H groups in total. The monoisotopic (exact) mass is 255 g/mol. The highest BCUT2D eigenvalue weighted by Crippen LogP contribution is 2.21. The molecular weight excluding hydrogens is 241 g/mol. The standard InChI is InChI=1S/C15H14FN3/c16-13-6-2-1-5-11(13)9-14(17)12-10-18-19-8-4-3-7-15(12)19/h1-8,10,14H,9,17H2. The first-order valence-electron chi connectivity index (χ1n) is 6.17. The van der Waals surface area contributed by atoms with Crippen LogP contribution in [-0.2, 0) is 6.42 Å². The third kappa shape index (κ3) is 2.22. The van der Waals surface area contributed by atoms with Crippen LogP contribution in [0.4, 0.5) is 4.39 Å². The van der Waals surface area contributed by atoms with E-state index in [1.54, 1.807) is 22.8 Å². The second-order valence-electron chi connectivity index (χ2n) is 4.53. The number of pyridine rings is 1. The Kier molecular flexibility index (Phi) is 3.01. The summed E-state index contributed by atoms with van der Waals surface area (Å²) in [6, 6.07) is 12.3. The lowest BCUT2D eigenvalue weighted by molar-refractivity contribution is 0.594.